The first-order valence-corrected chi connectivity index (χ1v) is 7.79. The number of hydrogen-bond donors (Lipinski definition) is 0. The van der Waals surface area contributed by atoms with Gasteiger partial charge >= 0.3 is 0 Å². The minimum atomic E-state index is -0.0470. The van der Waals surface area contributed by atoms with E-state index in [4.69, 9.17) is 8.94 Å². The van der Waals surface area contributed by atoms with E-state index in [9.17, 15) is 0 Å². The van der Waals surface area contributed by atoms with Crippen LogP contribution in [-0.4, -0.2) is 20.3 Å². The second-order valence-corrected chi connectivity index (χ2v) is 6.40. The van der Waals surface area contributed by atoms with Crippen LogP contribution in [0.3, 0.4) is 0 Å². The number of hydrogen-bond acceptors (Lipinski definition) is 7. The molecular formula is C15H16N4O2S. The Morgan fingerprint density at radius 1 is 1.09 bits per heavy atom. The second-order valence-electron chi connectivity index (χ2n) is 5.11. The first-order chi connectivity index (χ1) is 10.5. The molecule has 2 aromatic heterocycles. The zero-order valence-electron chi connectivity index (χ0n) is 12.8. The first-order valence-electron chi connectivity index (χ1n) is 6.91. The molecule has 2 heterocycles. The zero-order chi connectivity index (χ0) is 15.7. The van der Waals surface area contributed by atoms with Crippen LogP contribution in [0, 0.1) is 20.8 Å². The molecule has 1 unspecified atom stereocenters. The molecule has 7 heteroatoms. The van der Waals surface area contributed by atoms with Crippen molar-refractivity contribution in [1.82, 2.24) is 20.3 Å². The van der Waals surface area contributed by atoms with Crippen molar-refractivity contribution in [3.63, 3.8) is 0 Å². The largest absolute Gasteiger partial charge is 0.411 e. The van der Waals surface area contributed by atoms with E-state index in [0.717, 1.165) is 5.56 Å². The molecule has 1 aromatic carbocycles. The van der Waals surface area contributed by atoms with Crippen molar-refractivity contribution in [2.24, 2.45) is 0 Å². The third-order valence-electron chi connectivity index (χ3n) is 3.33. The minimum Gasteiger partial charge on any atom is -0.411 e. The maximum absolute atomic E-state index is 5.71. The second kappa shape index (κ2) is 5.92. The van der Waals surface area contributed by atoms with Crippen LogP contribution in [0.25, 0.3) is 11.5 Å². The van der Waals surface area contributed by atoms with Crippen molar-refractivity contribution in [2.75, 3.05) is 0 Å². The summed E-state index contributed by atoms with van der Waals surface area (Å²) in [5.74, 6) is 1.68. The predicted octanol–water partition coefficient (Wildman–Crippen LogP) is 3.90. The Hall–Kier alpha value is -2.15. The number of nitrogens with zero attached hydrogens (tertiary/aromatic N) is 4. The summed E-state index contributed by atoms with van der Waals surface area (Å²) in [6.45, 7) is 7.87. The molecule has 1 atom stereocenters. The van der Waals surface area contributed by atoms with Crippen LogP contribution in [0.5, 0.6) is 0 Å². The van der Waals surface area contributed by atoms with Gasteiger partial charge in [0.15, 0.2) is 5.82 Å². The molecule has 22 heavy (non-hydrogen) atoms. The van der Waals surface area contributed by atoms with Crippen LogP contribution < -0.4 is 0 Å². The maximum Gasteiger partial charge on any atom is 0.277 e. The van der Waals surface area contributed by atoms with Crippen molar-refractivity contribution in [2.45, 2.75) is 38.2 Å². The predicted molar refractivity (Wildman–Crippen MR) is 82.5 cm³/mol. The summed E-state index contributed by atoms with van der Waals surface area (Å²) < 4.78 is 10.9. The summed E-state index contributed by atoms with van der Waals surface area (Å²) in [4.78, 5) is 4.20. The summed E-state index contributed by atoms with van der Waals surface area (Å²) in [6.07, 6.45) is 0. The van der Waals surface area contributed by atoms with E-state index in [-0.39, 0.29) is 5.25 Å². The summed E-state index contributed by atoms with van der Waals surface area (Å²) in [7, 11) is 0. The molecule has 0 N–H and O–H groups in total. The highest BCUT2D eigenvalue weighted by molar-refractivity contribution is 7.99. The molecule has 0 aliphatic carbocycles. The topological polar surface area (TPSA) is 77.8 Å². The Morgan fingerprint density at radius 2 is 1.91 bits per heavy atom. The van der Waals surface area contributed by atoms with E-state index < -0.39 is 0 Å². The van der Waals surface area contributed by atoms with Crippen LogP contribution in [0.4, 0.5) is 0 Å². The van der Waals surface area contributed by atoms with Gasteiger partial charge in [-0.3, -0.25) is 0 Å². The van der Waals surface area contributed by atoms with Gasteiger partial charge < -0.3 is 8.94 Å². The summed E-state index contributed by atoms with van der Waals surface area (Å²) in [6, 6.07) is 6.07. The number of benzene rings is 1. The van der Waals surface area contributed by atoms with Gasteiger partial charge in [0.25, 0.3) is 5.22 Å². The summed E-state index contributed by atoms with van der Waals surface area (Å²) in [5.41, 5.74) is 3.35. The molecule has 0 aliphatic rings. The van der Waals surface area contributed by atoms with E-state index in [1.54, 1.807) is 6.92 Å². The molecule has 0 amide bonds. The lowest BCUT2D eigenvalue weighted by Gasteiger charge is -2.02. The van der Waals surface area contributed by atoms with Gasteiger partial charge in [-0.1, -0.05) is 23.0 Å². The molecule has 0 saturated carbocycles. The molecule has 0 radical (unpaired) electrons. The SMILES string of the molecule is Cc1noc(C(C)Sc2nnc(-c3ccc(C)c(C)c3)o2)n1. The van der Waals surface area contributed by atoms with Gasteiger partial charge in [0.1, 0.15) is 0 Å². The number of thioether (sulfide) groups is 1. The highest BCUT2D eigenvalue weighted by Gasteiger charge is 2.18. The van der Waals surface area contributed by atoms with E-state index in [2.05, 4.69) is 34.2 Å². The van der Waals surface area contributed by atoms with Crippen molar-refractivity contribution in [3.05, 3.63) is 41.0 Å². The van der Waals surface area contributed by atoms with Gasteiger partial charge in [0, 0.05) is 5.56 Å². The quantitative estimate of drug-likeness (QED) is 0.675. The van der Waals surface area contributed by atoms with Crippen LogP contribution in [0.15, 0.2) is 32.4 Å². The third kappa shape index (κ3) is 3.04. The molecule has 0 aliphatic heterocycles. The maximum atomic E-state index is 5.71. The highest BCUT2D eigenvalue weighted by atomic mass is 32.2. The van der Waals surface area contributed by atoms with Gasteiger partial charge in [0.05, 0.1) is 5.25 Å². The van der Waals surface area contributed by atoms with Gasteiger partial charge in [-0.2, -0.15) is 4.98 Å². The molecule has 0 saturated heterocycles. The number of aryl methyl sites for hydroxylation is 3. The minimum absolute atomic E-state index is 0.0470. The van der Waals surface area contributed by atoms with Gasteiger partial charge in [-0.15, -0.1) is 10.2 Å². The Labute approximate surface area is 132 Å². The summed E-state index contributed by atoms with van der Waals surface area (Å²) in [5, 5.41) is 12.4. The van der Waals surface area contributed by atoms with E-state index in [1.807, 2.05) is 25.1 Å². The zero-order valence-corrected chi connectivity index (χ0v) is 13.6. The van der Waals surface area contributed by atoms with Crippen molar-refractivity contribution in [3.8, 4) is 11.5 Å². The monoisotopic (exact) mass is 316 g/mol. The van der Waals surface area contributed by atoms with E-state index in [0.29, 0.717) is 22.8 Å². The molecule has 114 valence electrons. The Balaban J connectivity index is 1.77. The van der Waals surface area contributed by atoms with E-state index >= 15 is 0 Å². The standard InChI is InChI=1S/C15H16N4O2S/c1-8-5-6-12(7-9(8)2)14-17-18-15(20-14)22-10(3)13-16-11(4)19-21-13/h5-7,10H,1-4H3. The molecule has 3 rings (SSSR count). The lowest BCUT2D eigenvalue weighted by molar-refractivity contribution is 0.375. The molecule has 0 spiro atoms. The fraction of sp³-hybridized carbons (Fsp3) is 0.333. The lowest BCUT2D eigenvalue weighted by atomic mass is 10.1. The summed E-state index contributed by atoms with van der Waals surface area (Å²) >= 11 is 1.40. The van der Waals surface area contributed by atoms with Crippen molar-refractivity contribution >= 4 is 11.8 Å². The van der Waals surface area contributed by atoms with Crippen LogP contribution in [-0.2, 0) is 0 Å². The smallest absolute Gasteiger partial charge is 0.277 e. The average molecular weight is 316 g/mol. The highest BCUT2D eigenvalue weighted by Crippen LogP contribution is 2.34. The molecule has 3 aromatic rings. The van der Waals surface area contributed by atoms with Crippen molar-refractivity contribution in [1.29, 1.82) is 0 Å². The molecule has 6 nitrogen and oxygen atoms in total. The van der Waals surface area contributed by atoms with E-state index in [1.165, 1.54) is 22.9 Å². The Kier molecular flexibility index (Phi) is 3.98. The van der Waals surface area contributed by atoms with Crippen LogP contribution in [0.2, 0.25) is 0 Å². The van der Waals surface area contributed by atoms with Crippen LogP contribution >= 0.6 is 11.8 Å². The normalized spacial score (nSPS) is 12.5. The van der Waals surface area contributed by atoms with Crippen molar-refractivity contribution < 1.29 is 8.94 Å². The fourth-order valence-electron chi connectivity index (χ4n) is 1.93. The Morgan fingerprint density at radius 3 is 2.59 bits per heavy atom. The first kappa shape index (κ1) is 14.8. The Bertz CT molecular complexity index is 796. The van der Waals surface area contributed by atoms with Gasteiger partial charge in [0.2, 0.25) is 11.8 Å². The number of rotatable bonds is 4. The van der Waals surface area contributed by atoms with Crippen LogP contribution in [0.1, 0.15) is 35.0 Å². The number of aromatic nitrogens is 4. The fourth-order valence-corrected chi connectivity index (χ4v) is 2.64. The molecule has 0 fully saturated rings. The average Bonchev–Trinajstić information content (AvgIpc) is 3.11. The lowest BCUT2D eigenvalue weighted by Crippen LogP contribution is -1.88. The third-order valence-corrected chi connectivity index (χ3v) is 4.25. The molecule has 0 bridgehead atoms. The molecular weight excluding hydrogens is 300 g/mol. The van der Waals surface area contributed by atoms with Gasteiger partial charge in [-0.25, -0.2) is 0 Å². The van der Waals surface area contributed by atoms with Gasteiger partial charge in [-0.05, 0) is 51.0 Å².